The molecule has 0 radical (unpaired) electrons. The quantitative estimate of drug-likeness (QED) is 0.571. The Morgan fingerprint density at radius 3 is 3.00 bits per heavy atom. The Kier molecular flexibility index (Phi) is 4.00. The first-order valence-electron chi connectivity index (χ1n) is 7.21. The van der Waals surface area contributed by atoms with Gasteiger partial charge in [-0.15, -0.1) is 10.2 Å². The van der Waals surface area contributed by atoms with Gasteiger partial charge in [0.05, 0.1) is 0 Å². The molecular formula is C16H18N6. The Morgan fingerprint density at radius 1 is 1.23 bits per heavy atom. The molecule has 3 aromatic rings. The molecule has 0 spiro atoms. The van der Waals surface area contributed by atoms with Crippen LogP contribution < -0.4 is 11.1 Å². The predicted octanol–water partition coefficient (Wildman–Crippen LogP) is 2.22. The molecule has 112 valence electrons. The van der Waals surface area contributed by atoms with Gasteiger partial charge in [0.1, 0.15) is 6.54 Å². The first-order valence-corrected chi connectivity index (χ1v) is 7.21. The number of pyridine rings is 1. The number of aliphatic imine (C=N–C) groups is 1. The van der Waals surface area contributed by atoms with E-state index in [1.807, 2.05) is 40.9 Å². The molecule has 6 nitrogen and oxygen atoms in total. The van der Waals surface area contributed by atoms with Crippen molar-refractivity contribution in [1.29, 1.82) is 0 Å². The Balaban J connectivity index is 1.72. The van der Waals surface area contributed by atoms with E-state index >= 15 is 0 Å². The minimum Gasteiger partial charge on any atom is -0.370 e. The predicted molar refractivity (Wildman–Crippen MR) is 87.8 cm³/mol. The van der Waals surface area contributed by atoms with Crippen LogP contribution in [0.25, 0.3) is 5.65 Å². The molecule has 0 aliphatic rings. The molecule has 0 unspecified atom stereocenters. The zero-order valence-electron chi connectivity index (χ0n) is 12.4. The average molecular weight is 294 g/mol. The van der Waals surface area contributed by atoms with Gasteiger partial charge in [0.25, 0.3) is 0 Å². The van der Waals surface area contributed by atoms with Crippen LogP contribution in [0.3, 0.4) is 0 Å². The van der Waals surface area contributed by atoms with Crippen molar-refractivity contribution in [3.63, 3.8) is 0 Å². The van der Waals surface area contributed by atoms with Gasteiger partial charge in [-0.25, -0.2) is 4.99 Å². The van der Waals surface area contributed by atoms with Gasteiger partial charge in [-0.2, -0.15) is 0 Å². The lowest BCUT2D eigenvalue weighted by Crippen LogP contribution is -2.22. The molecule has 2 aromatic heterocycles. The minimum atomic E-state index is 0.362. The summed E-state index contributed by atoms with van der Waals surface area (Å²) in [7, 11) is 0. The average Bonchev–Trinajstić information content (AvgIpc) is 2.96. The number of rotatable bonds is 4. The highest BCUT2D eigenvalue weighted by Crippen LogP contribution is 2.11. The van der Waals surface area contributed by atoms with Gasteiger partial charge >= 0.3 is 0 Å². The van der Waals surface area contributed by atoms with Crippen LogP contribution in [0.15, 0.2) is 53.7 Å². The van der Waals surface area contributed by atoms with Gasteiger partial charge in [0, 0.05) is 11.9 Å². The van der Waals surface area contributed by atoms with E-state index in [0.717, 1.165) is 23.6 Å². The van der Waals surface area contributed by atoms with E-state index < -0.39 is 0 Å². The molecule has 0 bridgehead atoms. The lowest BCUT2D eigenvalue weighted by atomic mass is 10.1. The van der Waals surface area contributed by atoms with Crippen LogP contribution >= 0.6 is 0 Å². The highest BCUT2D eigenvalue weighted by molar-refractivity contribution is 5.92. The lowest BCUT2D eigenvalue weighted by Gasteiger charge is -2.06. The van der Waals surface area contributed by atoms with E-state index in [4.69, 9.17) is 5.73 Å². The van der Waals surface area contributed by atoms with Gasteiger partial charge in [0.2, 0.25) is 0 Å². The van der Waals surface area contributed by atoms with Crippen LogP contribution in [0.2, 0.25) is 0 Å². The van der Waals surface area contributed by atoms with Crippen LogP contribution in [-0.4, -0.2) is 20.6 Å². The normalized spacial score (nSPS) is 11.8. The van der Waals surface area contributed by atoms with Crippen molar-refractivity contribution < 1.29 is 0 Å². The van der Waals surface area contributed by atoms with Crippen molar-refractivity contribution in [3.05, 3.63) is 60.0 Å². The number of aromatic nitrogens is 3. The summed E-state index contributed by atoms with van der Waals surface area (Å²) in [5.74, 6) is 1.11. The highest BCUT2D eigenvalue weighted by Gasteiger charge is 2.03. The van der Waals surface area contributed by atoms with Gasteiger partial charge in [0.15, 0.2) is 17.4 Å². The minimum absolute atomic E-state index is 0.362. The summed E-state index contributed by atoms with van der Waals surface area (Å²) >= 11 is 0. The molecular weight excluding hydrogens is 276 g/mol. The topological polar surface area (TPSA) is 80.6 Å². The second-order valence-electron chi connectivity index (χ2n) is 4.93. The van der Waals surface area contributed by atoms with Crippen molar-refractivity contribution in [2.75, 3.05) is 5.32 Å². The molecule has 0 saturated carbocycles. The number of nitrogens with one attached hydrogen (secondary N) is 1. The lowest BCUT2D eigenvalue weighted by molar-refractivity contribution is 0.881. The zero-order chi connectivity index (χ0) is 15.4. The molecule has 0 fully saturated rings. The number of guanidine groups is 1. The Labute approximate surface area is 128 Å². The van der Waals surface area contributed by atoms with Gasteiger partial charge in [-0.3, -0.25) is 4.40 Å². The Bertz CT molecular complexity index is 805. The number of nitrogens with zero attached hydrogens (tertiary/aromatic N) is 4. The van der Waals surface area contributed by atoms with Crippen LogP contribution in [0.1, 0.15) is 18.3 Å². The summed E-state index contributed by atoms with van der Waals surface area (Å²) in [6, 6.07) is 13.9. The standard InChI is InChI=1S/C16H18N6/c1-2-12-6-5-7-13(10-12)19-16(17)18-11-15-21-20-14-8-3-4-9-22(14)15/h3-10H,2,11H2,1H3,(H3,17,18,19). The maximum Gasteiger partial charge on any atom is 0.193 e. The molecule has 1 aromatic carbocycles. The van der Waals surface area contributed by atoms with E-state index in [1.165, 1.54) is 5.56 Å². The summed E-state index contributed by atoms with van der Waals surface area (Å²) in [4.78, 5) is 4.33. The maximum atomic E-state index is 5.94. The zero-order valence-corrected chi connectivity index (χ0v) is 12.4. The third-order valence-corrected chi connectivity index (χ3v) is 3.38. The number of nitrogens with two attached hydrogens (primary N) is 1. The summed E-state index contributed by atoms with van der Waals surface area (Å²) in [5.41, 5.74) is 8.93. The Hall–Kier alpha value is -2.89. The summed E-state index contributed by atoms with van der Waals surface area (Å²) in [5, 5.41) is 11.3. The van der Waals surface area contributed by atoms with Gasteiger partial charge < -0.3 is 11.1 Å². The summed E-state index contributed by atoms with van der Waals surface area (Å²) in [6.07, 6.45) is 2.90. The number of anilines is 1. The fraction of sp³-hybridized carbons (Fsp3) is 0.188. The Morgan fingerprint density at radius 2 is 2.14 bits per heavy atom. The summed E-state index contributed by atoms with van der Waals surface area (Å²) in [6.45, 7) is 2.49. The molecule has 0 amide bonds. The van der Waals surface area contributed by atoms with Gasteiger partial charge in [-0.1, -0.05) is 25.1 Å². The van der Waals surface area contributed by atoms with Crippen LogP contribution in [0.4, 0.5) is 5.69 Å². The van der Waals surface area contributed by atoms with Crippen LogP contribution in [-0.2, 0) is 13.0 Å². The van der Waals surface area contributed by atoms with Crippen LogP contribution in [0.5, 0.6) is 0 Å². The van der Waals surface area contributed by atoms with E-state index in [-0.39, 0.29) is 0 Å². The molecule has 6 heteroatoms. The van der Waals surface area contributed by atoms with Gasteiger partial charge in [-0.05, 0) is 36.2 Å². The van der Waals surface area contributed by atoms with Crippen molar-refractivity contribution in [1.82, 2.24) is 14.6 Å². The molecule has 0 saturated heterocycles. The molecule has 3 N–H and O–H groups in total. The van der Waals surface area contributed by atoms with E-state index in [0.29, 0.717) is 12.5 Å². The first-order chi connectivity index (χ1) is 10.8. The SMILES string of the molecule is CCc1cccc(NC(N)=NCc2nnc3ccccn23)c1. The van der Waals surface area contributed by atoms with Crippen molar-refractivity contribution in [3.8, 4) is 0 Å². The smallest absolute Gasteiger partial charge is 0.193 e. The first kappa shape index (κ1) is 14.1. The van der Waals surface area contributed by atoms with Crippen molar-refractivity contribution in [2.45, 2.75) is 19.9 Å². The molecule has 0 atom stereocenters. The second-order valence-corrected chi connectivity index (χ2v) is 4.93. The number of benzene rings is 1. The van der Waals surface area contributed by atoms with E-state index in [2.05, 4.69) is 39.6 Å². The molecule has 0 aliphatic carbocycles. The number of aryl methyl sites for hydroxylation is 1. The number of hydrogen-bond acceptors (Lipinski definition) is 3. The molecule has 22 heavy (non-hydrogen) atoms. The van der Waals surface area contributed by atoms with Crippen LogP contribution in [0, 0.1) is 0 Å². The van der Waals surface area contributed by atoms with E-state index in [1.54, 1.807) is 0 Å². The van der Waals surface area contributed by atoms with Crippen molar-refractivity contribution in [2.24, 2.45) is 10.7 Å². The molecule has 3 rings (SSSR count). The fourth-order valence-electron chi connectivity index (χ4n) is 2.21. The van der Waals surface area contributed by atoms with E-state index in [9.17, 15) is 0 Å². The summed E-state index contributed by atoms with van der Waals surface area (Å²) < 4.78 is 1.90. The van der Waals surface area contributed by atoms with Crippen molar-refractivity contribution >= 4 is 17.3 Å². The highest BCUT2D eigenvalue weighted by atomic mass is 15.3. The maximum absolute atomic E-state index is 5.94. The number of fused-ring (bicyclic) bond motifs is 1. The third kappa shape index (κ3) is 3.06. The largest absolute Gasteiger partial charge is 0.370 e. The second kappa shape index (κ2) is 6.26. The monoisotopic (exact) mass is 294 g/mol. The third-order valence-electron chi connectivity index (χ3n) is 3.38. The molecule has 2 heterocycles. The fourth-order valence-corrected chi connectivity index (χ4v) is 2.21. The molecule has 0 aliphatic heterocycles. The number of hydrogen-bond donors (Lipinski definition) is 2.